The van der Waals surface area contributed by atoms with Crippen molar-refractivity contribution in [3.63, 3.8) is 0 Å². The molecule has 0 unspecified atom stereocenters. The van der Waals surface area contributed by atoms with Gasteiger partial charge >= 0.3 is 0 Å². The van der Waals surface area contributed by atoms with Gasteiger partial charge in [0.15, 0.2) is 0 Å². The Labute approximate surface area is 381 Å². The molecule has 0 N–H and O–H groups in total. The van der Waals surface area contributed by atoms with Gasteiger partial charge in [-0.3, -0.25) is 4.57 Å². The van der Waals surface area contributed by atoms with Crippen LogP contribution in [-0.4, -0.2) is 14.1 Å². The summed E-state index contributed by atoms with van der Waals surface area (Å²) < 4.78 is 19.3. The van der Waals surface area contributed by atoms with Crippen molar-refractivity contribution in [2.24, 2.45) is 0 Å². The standard InChI is InChI=1S/C56H44N4O2.Pt/c1-55(2,3)37-29-30-57-53(32-37)60-47-21-9-7-17-42(47)43-27-26-40(34-50(43)60)61-39-16-13-15-38(33-39)58-35-59(49-23-11-10-22-48(49)58)54-41(19-14-20-46(54)56(4,5)6)36-25-28-52-45(31-36)44-18-8-12-24-51(44)62-52;/h7-32H,1-6H3;/q-2;. The summed E-state index contributed by atoms with van der Waals surface area (Å²) in [6, 6.07) is 59.8. The van der Waals surface area contributed by atoms with Crippen molar-refractivity contribution in [3.8, 4) is 39.8 Å². The zero-order valence-corrected chi connectivity index (χ0v) is 38.2. The zero-order valence-electron chi connectivity index (χ0n) is 35.9. The fourth-order valence-corrected chi connectivity index (χ4v) is 8.84. The van der Waals surface area contributed by atoms with Crippen LogP contribution in [0.5, 0.6) is 11.5 Å². The minimum absolute atomic E-state index is 0. The van der Waals surface area contributed by atoms with E-state index in [0.29, 0.717) is 11.5 Å². The van der Waals surface area contributed by atoms with Crippen molar-refractivity contribution in [1.29, 1.82) is 0 Å². The summed E-state index contributed by atoms with van der Waals surface area (Å²) in [5.74, 6) is 2.01. The van der Waals surface area contributed by atoms with Crippen LogP contribution < -0.4 is 9.30 Å². The molecular weight excluding hydrogens is 956 g/mol. The van der Waals surface area contributed by atoms with Crippen LogP contribution in [0.4, 0.5) is 0 Å². The molecule has 0 spiro atoms. The molecule has 0 atom stereocenters. The molecule has 63 heavy (non-hydrogen) atoms. The third-order valence-corrected chi connectivity index (χ3v) is 11.9. The molecule has 0 amide bonds. The summed E-state index contributed by atoms with van der Waals surface area (Å²) in [5, 5.41) is 4.42. The number of para-hydroxylation sites is 5. The Morgan fingerprint density at radius 1 is 0.603 bits per heavy atom. The molecular formula is C56H44N4O2Pt-2. The van der Waals surface area contributed by atoms with Crippen molar-refractivity contribution >= 4 is 54.8 Å². The third-order valence-electron chi connectivity index (χ3n) is 11.9. The zero-order chi connectivity index (χ0) is 42.3. The molecule has 0 aliphatic heterocycles. The molecule has 11 rings (SSSR count). The van der Waals surface area contributed by atoms with Crippen LogP contribution in [0.3, 0.4) is 0 Å². The second-order valence-corrected chi connectivity index (χ2v) is 18.1. The molecule has 312 valence electrons. The van der Waals surface area contributed by atoms with Crippen molar-refractivity contribution in [2.45, 2.75) is 52.4 Å². The van der Waals surface area contributed by atoms with Gasteiger partial charge in [-0.15, -0.1) is 29.7 Å². The third kappa shape index (κ3) is 6.94. The molecule has 4 heterocycles. The maximum absolute atomic E-state index is 6.63. The summed E-state index contributed by atoms with van der Waals surface area (Å²) in [4.78, 5) is 4.85. The number of benzene rings is 7. The topological polar surface area (TPSA) is 49.0 Å². The van der Waals surface area contributed by atoms with E-state index in [-0.39, 0.29) is 31.9 Å². The first-order chi connectivity index (χ1) is 30.0. The summed E-state index contributed by atoms with van der Waals surface area (Å²) in [6.07, 6.45) is 5.68. The number of hydrogen-bond donors (Lipinski definition) is 0. The van der Waals surface area contributed by atoms with Gasteiger partial charge in [0.25, 0.3) is 6.33 Å². The quantitative estimate of drug-likeness (QED) is 0.123. The first-order valence-electron chi connectivity index (χ1n) is 21.1. The predicted molar refractivity (Wildman–Crippen MR) is 250 cm³/mol. The Bertz CT molecular complexity index is 3540. The molecule has 0 saturated heterocycles. The second kappa shape index (κ2) is 15.3. The number of nitrogens with zero attached hydrogens (tertiary/aromatic N) is 4. The smallest absolute Gasteiger partial charge is 0.268 e. The Hall–Kier alpha value is -6.75. The number of hydrogen-bond acceptors (Lipinski definition) is 3. The van der Waals surface area contributed by atoms with Crippen molar-refractivity contribution < 1.29 is 34.8 Å². The van der Waals surface area contributed by atoms with Crippen LogP contribution >= 0.6 is 0 Å². The maximum Gasteiger partial charge on any atom is 0.268 e. The summed E-state index contributed by atoms with van der Waals surface area (Å²) >= 11 is 0. The Morgan fingerprint density at radius 2 is 1.33 bits per heavy atom. The average Bonchev–Trinajstić information content (AvgIpc) is 3.95. The number of aromatic nitrogens is 4. The van der Waals surface area contributed by atoms with Gasteiger partial charge in [0.1, 0.15) is 17.0 Å². The van der Waals surface area contributed by atoms with Gasteiger partial charge in [0.05, 0.1) is 16.7 Å². The monoisotopic (exact) mass is 999 g/mol. The molecule has 0 saturated carbocycles. The van der Waals surface area contributed by atoms with Crippen molar-refractivity contribution in [1.82, 2.24) is 14.1 Å². The van der Waals surface area contributed by atoms with E-state index in [1.54, 1.807) is 0 Å². The fraction of sp³-hybridized carbons (Fsp3) is 0.143. The number of furan rings is 1. The minimum Gasteiger partial charge on any atom is -0.510 e. The van der Waals surface area contributed by atoms with E-state index in [4.69, 9.17) is 14.1 Å². The number of ether oxygens (including phenoxy) is 1. The Kier molecular flexibility index (Phi) is 9.76. The summed E-state index contributed by atoms with van der Waals surface area (Å²) in [5.41, 5.74) is 12.1. The van der Waals surface area contributed by atoms with E-state index in [0.717, 1.165) is 83.1 Å². The Morgan fingerprint density at radius 3 is 2.16 bits per heavy atom. The van der Waals surface area contributed by atoms with Gasteiger partial charge < -0.3 is 18.3 Å². The van der Waals surface area contributed by atoms with Gasteiger partial charge in [0.2, 0.25) is 0 Å². The normalized spacial score (nSPS) is 12.2. The van der Waals surface area contributed by atoms with Crippen molar-refractivity contribution in [3.05, 3.63) is 187 Å². The predicted octanol–water partition coefficient (Wildman–Crippen LogP) is 13.8. The number of fused-ring (bicyclic) bond motifs is 7. The van der Waals surface area contributed by atoms with Crippen LogP contribution in [0.25, 0.3) is 83.1 Å². The molecule has 0 bridgehead atoms. The molecule has 0 fully saturated rings. The van der Waals surface area contributed by atoms with E-state index >= 15 is 0 Å². The molecule has 4 aromatic heterocycles. The van der Waals surface area contributed by atoms with Crippen LogP contribution in [0.2, 0.25) is 0 Å². The molecule has 7 heteroatoms. The van der Waals surface area contributed by atoms with Crippen molar-refractivity contribution in [2.75, 3.05) is 0 Å². The van der Waals surface area contributed by atoms with E-state index in [2.05, 4.69) is 189 Å². The minimum atomic E-state index is -0.170. The second-order valence-electron chi connectivity index (χ2n) is 18.1. The molecule has 0 aliphatic rings. The molecule has 7 aromatic carbocycles. The van der Waals surface area contributed by atoms with Gasteiger partial charge in [-0.25, -0.2) is 4.98 Å². The van der Waals surface area contributed by atoms with Crippen LogP contribution in [0.1, 0.15) is 52.7 Å². The average molecular weight is 1000 g/mol. The van der Waals surface area contributed by atoms with E-state index in [1.807, 2.05) is 42.6 Å². The van der Waals surface area contributed by atoms with Gasteiger partial charge in [-0.05, 0) is 80.6 Å². The van der Waals surface area contributed by atoms with Gasteiger partial charge in [0, 0.05) is 55.1 Å². The van der Waals surface area contributed by atoms with Gasteiger partial charge in [-0.1, -0.05) is 132 Å². The Balaban J connectivity index is 0.00000471. The van der Waals surface area contributed by atoms with E-state index < -0.39 is 0 Å². The molecule has 6 nitrogen and oxygen atoms in total. The first kappa shape index (κ1) is 40.3. The fourth-order valence-electron chi connectivity index (χ4n) is 8.84. The number of pyridine rings is 1. The summed E-state index contributed by atoms with van der Waals surface area (Å²) in [6.45, 7) is 13.5. The van der Waals surface area contributed by atoms with E-state index in [9.17, 15) is 0 Å². The number of imidazole rings is 1. The van der Waals surface area contributed by atoms with E-state index in [1.165, 1.54) is 11.1 Å². The largest absolute Gasteiger partial charge is 0.510 e. The summed E-state index contributed by atoms with van der Waals surface area (Å²) in [7, 11) is 0. The SMILES string of the molecule is CC(C)(C)c1ccnc(-n2c3[c-]c(Oc4[c-]c(-n5[c-][n+](-c6c(-c7ccc8oc9ccccc9c8c7)cccc6C(C)(C)C)c6ccccc65)ccc4)ccc3c3ccccc32)c1.[Pt]. The number of rotatable bonds is 6. The first-order valence-corrected chi connectivity index (χ1v) is 21.1. The molecule has 11 aromatic rings. The molecule has 0 radical (unpaired) electrons. The van der Waals surface area contributed by atoms with Crippen LogP contribution in [0.15, 0.2) is 162 Å². The molecule has 0 aliphatic carbocycles. The van der Waals surface area contributed by atoms with Gasteiger partial charge in [-0.2, -0.15) is 18.2 Å². The maximum atomic E-state index is 6.63. The van der Waals surface area contributed by atoms with Crippen LogP contribution in [-0.2, 0) is 31.9 Å². The van der Waals surface area contributed by atoms with Crippen LogP contribution in [0, 0.1) is 18.5 Å².